The number of carboxylic acids is 1. The average molecular weight is 396 g/mol. The van der Waals surface area contributed by atoms with Crippen molar-refractivity contribution in [2.45, 2.75) is 26.5 Å². The maximum Gasteiger partial charge on any atom is 0.337 e. The molecule has 2 aromatic rings. The summed E-state index contributed by atoms with van der Waals surface area (Å²) in [6.07, 6.45) is 0.926. The molecule has 0 radical (unpaired) electrons. The third-order valence-corrected chi connectivity index (χ3v) is 5.35. The van der Waals surface area contributed by atoms with E-state index in [4.69, 9.17) is 9.84 Å². The summed E-state index contributed by atoms with van der Waals surface area (Å²) in [5, 5.41) is 11.9. The van der Waals surface area contributed by atoms with Gasteiger partial charge in [-0.05, 0) is 43.2 Å². The van der Waals surface area contributed by atoms with Crippen LogP contribution in [-0.2, 0) is 11.3 Å². The van der Waals surface area contributed by atoms with Gasteiger partial charge in [0.15, 0.2) is 6.10 Å². The fourth-order valence-corrected chi connectivity index (χ4v) is 3.75. The first kappa shape index (κ1) is 19.2. The summed E-state index contributed by atoms with van der Waals surface area (Å²) in [5.74, 6) is 0.462. The molecule has 2 aliphatic heterocycles. The number of carbonyl (C=O) groups excluding carboxylic acids is 1. The second-order valence-corrected chi connectivity index (χ2v) is 7.51. The van der Waals surface area contributed by atoms with Crippen molar-refractivity contribution in [3.8, 4) is 5.75 Å². The lowest BCUT2D eigenvalue weighted by atomic mass is 10.1. The number of ether oxygens (including phenoxy) is 1. The Kier molecular flexibility index (Phi) is 5.10. The van der Waals surface area contributed by atoms with Crippen molar-refractivity contribution < 1.29 is 19.4 Å². The smallest absolute Gasteiger partial charge is 0.337 e. The van der Waals surface area contributed by atoms with E-state index in [0.29, 0.717) is 0 Å². The van der Waals surface area contributed by atoms with E-state index in [9.17, 15) is 9.59 Å². The van der Waals surface area contributed by atoms with Gasteiger partial charge in [-0.1, -0.05) is 6.07 Å². The Morgan fingerprint density at radius 3 is 2.69 bits per heavy atom. The zero-order valence-corrected chi connectivity index (χ0v) is 16.5. The highest BCUT2D eigenvalue weighted by molar-refractivity contribution is 5.97. The second-order valence-electron chi connectivity index (χ2n) is 7.51. The second kappa shape index (κ2) is 7.71. The summed E-state index contributed by atoms with van der Waals surface area (Å²) >= 11 is 0. The van der Waals surface area contributed by atoms with E-state index in [-0.39, 0.29) is 11.5 Å². The molecule has 2 N–H and O–H groups in total. The number of aromatic nitrogens is 1. The fraction of sp³-hybridized carbons (Fsp3) is 0.381. The molecule has 1 atom stereocenters. The Hall–Kier alpha value is -3.13. The lowest BCUT2D eigenvalue weighted by molar-refractivity contribution is -0.122. The molecule has 8 nitrogen and oxygen atoms in total. The lowest BCUT2D eigenvalue weighted by Crippen LogP contribution is -2.46. The van der Waals surface area contributed by atoms with E-state index < -0.39 is 12.1 Å². The number of carbonyl (C=O) groups is 2. The number of amides is 1. The van der Waals surface area contributed by atoms with E-state index in [2.05, 4.69) is 26.2 Å². The van der Waals surface area contributed by atoms with Gasteiger partial charge in [0.25, 0.3) is 5.91 Å². The SMILES string of the molecule is Cc1cc(CN2CCN(c3ccc(C(=O)O)cn3)CC2)cc2c1OC(C)C(=O)N2. The van der Waals surface area contributed by atoms with Crippen LogP contribution in [0.5, 0.6) is 5.75 Å². The number of aromatic carboxylic acids is 1. The monoisotopic (exact) mass is 396 g/mol. The Bertz CT molecular complexity index is 936. The number of rotatable bonds is 4. The van der Waals surface area contributed by atoms with Crippen LogP contribution < -0.4 is 15.0 Å². The number of hydrogen-bond acceptors (Lipinski definition) is 6. The van der Waals surface area contributed by atoms with Crippen molar-refractivity contribution in [2.75, 3.05) is 36.4 Å². The van der Waals surface area contributed by atoms with Gasteiger partial charge in [0.1, 0.15) is 11.6 Å². The van der Waals surface area contributed by atoms with E-state index >= 15 is 0 Å². The normalized spacial score (nSPS) is 19.3. The number of benzene rings is 1. The minimum Gasteiger partial charge on any atom is -0.478 e. The van der Waals surface area contributed by atoms with Crippen molar-refractivity contribution in [3.63, 3.8) is 0 Å². The first-order valence-corrected chi connectivity index (χ1v) is 9.68. The first-order chi connectivity index (χ1) is 13.9. The average Bonchev–Trinajstić information content (AvgIpc) is 2.70. The minimum absolute atomic E-state index is 0.121. The molecule has 0 bridgehead atoms. The molecule has 0 saturated carbocycles. The first-order valence-electron chi connectivity index (χ1n) is 9.68. The minimum atomic E-state index is -0.967. The van der Waals surface area contributed by atoms with Gasteiger partial charge in [-0.25, -0.2) is 9.78 Å². The number of anilines is 2. The molecule has 152 valence electrons. The number of fused-ring (bicyclic) bond motifs is 1. The van der Waals surface area contributed by atoms with Gasteiger partial charge in [-0.15, -0.1) is 0 Å². The van der Waals surface area contributed by atoms with Crippen LogP contribution in [0.3, 0.4) is 0 Å². The zero-order chi connectivity index (χ0) is 20.5. The summed E-state index contributed by atoms with van der Waals surface area (Å²) < 4.78 is 5.73. The molecule has 1 aromatic carbocycles. The zero-order valence-electron chi connectivity index (χ0n) is 16.5. The molecule has 8 heteroatoms. The van der Waals surface area contributed by atoms with Gasteiger partial charge in [-0.2, -0.15) is 0 Å². The molecule has 0 aliphatic carbocycles. The Morgan fingerprint density at radius 1 is 1.28 bits per heavy atom. The Balaban J connectivity index is 1.39. The molecule has 1 aromatic heterocycles. The molecular formula is C21H24N4O4. The van der Waals surface area contributed by atoms with Crippen LogP contribution in [0.25, 0.3) is 0 Å². The molecule has 3 heterocycles. The Labute approximate surface area is 169 Å². The number of piperazine rings is 1. The van der Waals surface area contributed by atoms with Gasteiger partial charge in [0.2, 0.25) is 0 Å². The maximum atomic E-state index is 11.9. The van der Waals surface area contributed by atoms with Crippen LogP contribution in [0.2, 0.25) is 0 Å². The molecule has 2 aliphatic rings. The third kappa shape index (κ3) is 4.02. The predicted molar refractivity (Wildman–Crippen MR) is 109 cm³/mol. The number of carboxylic acid groups (broad SMARTS) is 1. The molecular weight excluding hydrogens is 372 g/mol. The summed E-state index contributed by atoms with van der Waals surface area (Å²) in [7, 11) is 0. The van der Waals surface area contributed by atoms with E-state index in [1.807, 2.05) is 13.0 Å². The van der Waals surface area contributed by atoms with Crippen LogP contribution in [-0.4, -0.2) is 59.1 Å². The topological polar surface area (TPSA) is 95.0 Å². The molecule has 1 saturated heterocycles. The molecule has 1 amide bonds. The van der Waals surface area contributed by atoms with Crippen molar-refractivity contribution in [1.29, 1.82) is 0 Å². The molecule has 0 spiro atoms. The molecule has 29 heavy (non-hydrogen) atoms. The summed E-state index contributed by atoms with van der Waals surface area (Å²) in [6, 6.07) is 7.45. The van der Waals surface area contributed by atoms with Crippen molar-refractivity contribution in [3.05, 3.63) is 47.2 Å². The maximum absolute atomic E-state index is 11.9. The third-order valence-electron chi connectivity index (χ3n) is 5.35. The van der Waals surface area contributed by atoms with Crippen LogP contribution in [0.15, 0.2) is 30.5 Å². The van der Waals surface area contributed by atoms with Crippen LogP contribution in [0.1, 0.15) is 28.4 Å². The van der Waals surface area contributed by atoms with Crippen LogP contribution in [0, 0.1) is 6.92 Å². The lowest BCUT2D eigenvalue weighted by Gasteiger charge is -2.35. The van der Waals surface area contributed by atoms with Crippen molar-refractivity contribution in [1.82, 2.24) is 9.88 Å². The highest BCUT2D eigenvalue weighted by Gasteiger charge is 2.26. The van der Waals surface area contributed by atoms with Gasteiger partial charge in [-0.3, -0.25) is 9.69 Å². The summed E-state index contributed by atoms with van der Waals surface area (Å²) in [4.78, 5) is 31.7. The molecule has 1 unspecified atom stereocenters. The van der Waals surface area contributed by atoms with E-state index in [0.717, 1.165) is 61.1 Å². The van der Waals surface area contributed by atoms with Gasteiger partial charge >= 0.3 is 5.97 Å². The Morgan fingerprint density at radius 2 is 2.03 bits per heavy atom. The van der Waals surface area contributed by atoms with Crippen molar-refractivity contribution >= 4 is 23.4 Å². The van der Waals surface area contributed by atoms with Crippen LogP contribution in [0.4, 0.5) is 11.5 Å². The highest BCUT2D eigenvalue weighted by atomic mass is 16.5. The van der Waals surface area contributed by atoms with Crippen LogP contribution >= 0.6 is 0 Å². The number of aryl methyl sites for hydroxylation is 1. The number of pyridine rings is 1. The quantitative estimate of drug-likeness (QED) is 0.817. The largest absolute Gasteiger partial charge is 0.478 e. The summed E-state index contributed by atoms with van der Waals surface area (Å²) in [6.45, 7) is 7.92. The van der Waals surface area contributed by atoms with E-state index in [1.165, 1.54) is 6.20 Å². The molecule has 1 fully saturated rings. The predicted octanol–water partition coefficient (Wildman–Crippen LogP) is 2.13. The highest BCUT2D eigenvalue weighted by Crippen LogP contribution is 2.34. The fourth-order valence-electron chi connectivity index (χ4n) is 3.75. The number of hydrogen-bond donors (Lipinski definition) is 2. The van der Waals surface area contributed by atoms with Crippen molar-refractivity contribution in [2.24, 2.45) is 0 Å². The van der Waals surface area contributed by atoms with Gasteiger partial charge < -0.3 is 20.1 Å². The van der Waals surface area contributed by atoms with E-state index in [1.54, 1.807) is 19.1 Å². The number of nitrogens with zero attached hydrogens (tertiary/aromatic N) is 3. The standard InChI is InChI=1S/C21H24N4O4/c1-13-9-15(10-17-19(13)29-14(2)20(26)23-17)12-24-5-7-25(8-6-24)18-4-3-16(11-22-18)21(27)28/h3-4,9-11,14H,5-8,12H2,1-2H3,(H,23,26)(H,27,28). The van der Waals surface area contributed by atoms with Gasteiger partial charge in [0, 0.05) is 38.9 Å². The molecule has 4 rings (SSSR count). The van der Waals surface area contributed by atoms with Gasteiger partial charge in [0.05, 0.1) is 11.3 Å². The summed E-state index contributed by atoms with van der Waals surface area (Å²) in [5.41, 5.74) is 3.09. The number of nitrogens with one attached hydrogen (secondary N) is 1.